The zero-order valence-electron chi connectivity index (χ0n) is 12.8. The maximum absolute atomic E-state index is 9.73. The molecule has 1 aromatic rings. The van der Waals surface area contributed by atoms with Crippen LogP contribution in [0.1, 0.15) is 38.7 Å². The first kappa shape index (κ1) is 17.5. The second-order valence-electron chi connectivity index (χ2n) is 4.82. The van der Waals surface area contributed by atoms with Crippen LogP contribution in [0, 0.1) is 0 Å². The molecule has 0 saturated carbocycles. The van der Waals surface area contributed by atoms with Crippen LogP contribution in [0.25, 0.3) is 0 Å². The van der Waals surface area contributed by atoms with Crippen molar-refractivity contribution in [2.45, 2.75) is 39.2 Å². The van der Waals surface area contributed by atoms with Crippen molar-refractivity contribution >= 4 is 5.71 Å². The summed E-state index contributed by atoms with van der Waals surface area (Å²) in [6, 6.07) is 7.25. The van der Waals surface area contributed by atoms with E-state index in [4.69, 9.17) is 14.7 Å². The number of hydrogen-bond donors (Lipinski definition) is 2. The molecule has 1 atom stereocenters. The van der Waals surface area contributed by atoms with Crippen LogP contribution in [0.4, 0.5) is 0 Å². The zero-order valence-corrected chi connectivity index (χ0v) is 12.8. The first-order valence-electron chi connectivity index (χ1n) is 7.41. The molecule has 0 amide bonds. The van der Waals surface area contributed by atoms with Crippen molar-refractivity contribution in [2.24, 2.45) is 5.16 Å². The smallest absolute Gasteiger partial charge is 0.119 e. The third-order valence-corrected chi connectivity index (χ3v) is 3.04. The highest BCUT2D eigenvalue weighted by Crippen LogP contribution is 2.14. The van der Waals surface area contributed by atoms with Gasteiger partial charge in [0.25, 0.3) is 0 Å². The Bertz CT molecular complexity index is 417. The standard InChI is InChI=1S/C16H25NO4/c1-3-5-10-20-11-14(18)12-21-15-8-6-13(7-9-15)16(4-2)17-19/h6-9,14,18-19H,3-5,10-12H2,1-2H3/b17-16+. The van der Waals surface area contributed by atoms with Gasteiger partial charge in [-0.1, -0.05) is 25.4 Å². The van der Waals surface area contributed by atoms with E-state index in [0.717, 1.165) is 18.4 Å². The molecule has 5 heteroatoms. The SMILES string of the molecule is CCCCOCC(O)COc1ccc(/C(CC)=N/O)cc1. The Balaban J connectivity index is 2.35. The van der Waals surface area contributed by atoms with Gasteiger partial charge in [0, 0.05) is 6.61 Å². The highest BCUT2D eigenvalue weighted by Gasteiger charge is 2.06. The van der Waals surface area contributed by atoms with E-state index in [1.165, 1.54) is 0 Å². The second kappa shape index (κ2) is 10.2. The number of oxime groups is 1. The molecule has 0 radical (unpaired) electrons. The van der Waals surface area contributed by atoms with E-state index in [1.807, 2.05) is 19.1 Å². The van der Waals surface area contributed by atoms with Crippen LogP contribution < -0.4 is 4.74 Å². The number of rotatable bonds is 10. The minimum absolute atomic E-state index is 0.195. The van der Waals surface area contributed by atoms with Gasteiger partial charge in [-0.25, -0.2) is 0 Å². The molecule has 5 nitrogen and oxygen atoms in total. The minimum Gasteiger partial charge on any atom is -0.491 e. The summed E-state index contributed by atoms with van der Waals surface area (Å²) in [6.07, 6.45) is 2.11. The molecule has 1 unspecified atom stereocenters. The number of nitrogens with zero attached hydrogens (tertiary/aromatic N) is 1. The van der Waals surface area contributed by atoms with Gasteiger partial charge in [-0.2, -0.15) is 0 Å². The molecular weight excluding hydrogens is 270 g/mol. The topological polar surface area (TPSA) is 71.3 Å². The Kier molecular flexibility index (Phi) is 8.47. The van der Waals surface area contributed by atoms with Gasteiger partial charge in [-0.15, -0.1) is 0 Å². The summed E-state index contributed by atoms with van der Waals surface area (Å²) < 4.78 is 10.8. The number of unbranched alkanes of at least 4 members (excludes halogenated alkanes) is 1. The fourth-order valence-electron chi connectivity index (χ4n) is 1.78. The molecule has 0 heterocycles. The first-order valence-corrected chi connectivity index (χ1v) is 7.41. The Hall–Kier alpha value is -1.59. The van der Waals surface area contributed by atoms with E-state index in [2.05, 4.69) is 12.1 Å². The molecular formula is C16H25NO4. The molecule has 1 rings (SSSR count). The number of aliphatic hydroxyl groups excluding tert-OH is 1. The maximum Gasteiger partial charge on any atom is 0.119 e. The Labute approximate surface area is 126 Å². The molecule has 118 valence electrons. The lowest BCUT2D eigenvalue weighted by molar-refractivity contribution is 0.0113. The van der Waals surface area contributed by atoms with Crippen LogP contribution >= 0.6 is 0 Å². The van der Waals surface area contributed by atoms with E-state index in [-0.39, 0.29) is 13.2 Å². The summed E-state index contributed by atoms with van der Waals surface area (Å²) >= 11 is 0. The Morgan fingerprint density at radius 1 is 1.19 bits per heavy atom. The average molecular weight is 295 g/mol. The molecule has 0 spiro atoms. The summed E-state index contributed by atoms with van der Waals surface area (Å²) in [7, 11) is 0. The zero-order chi connectivity index (χ0) is 15.5. The van der Waals surface area contributed by atoms with Crippen molar-refractivity contribution in [1.29, 1.82) is 0 Å². The molecule has 2 N–H and O–H groups in total. The predicted octanol–water partition coefficient (Wildman–Crippen LogP) is 2.83. The van der Waals surface area contributed by atoms with Crippen LogP contribution in [0.2, 0.25) is 0 Å². The van der Waals surface area contributed by atoms with Gasteiger partial charge in [0.2, 0.25) is 0 Å². The fraction of sp³-hybridized carbons (Fsp3) is 0.562. The molecule has 0 aromatic heterocycles. The summed E-state index contributed by atoms with van der Waals surface area (Å²) in [5, 5.41) is 21.8. The van der Waals surface area contributed by atoms with Crippen molar-refractivity contribution in [3.05, 3.63) is 29.8 Å². The second-order valence-corrected chi connectivity index (χ2v) is 4.82. The fourth-order valence-corrected chi connectivity index (χ4v) is 1.78. The quantitative estimate of drug-likeness (QED) is 0.301. The summed E-state index contributed by atoms with van der Waals surface area (Å²) in [6.45, 7) is 5.17. The van der Waals surface area contributed by atoms with Crippen molar-refractivity contribution < 1.29 is 19.8 Å². The summed E-state index contributed by atoms with van der Waals surface area (Å²) in [4.78, 5) is 0. The van der Waals surface area contributed by atoms with E-state index in [0.29, 0.717) is 24.5 Å². The maximum atomic E-state index is 9.73. The van der Waals surface area contributed by atoms with Gasteiger partial charge in [0.05, 0.1) is 12.3 Å². The lowest BCUT2D eigenvalue weighted by atomic mass is 10.1. The van der Waals surface area contributed by atoms with Gasteiger partial charge in [0.1, 0.15) is 18.5 Å². The molecule has 21 heavy (non-hydrogen) atoms. The lowest BCUT2D eigenvalue weighted by Crippen LogP contribution is -2.23. The summed E-state index contributed by atoms with van der Waals surface area (Å²) in [5.41, 5.74) is 1.49. The normalized spacial score (nSPS) is 13.2. The highest BCUT2D eigenvalue weighted by atomic mass is 16.5. The van der Waals surface area contributed by atoms with Crippen LogP contribution in [0.5, 0.6) is 5.75 Å². The average Bonchev–Trinajstić information content (AvgIpc) is 2.52. The van der Waals surface area contributed by atoms with Crippen LogP contribution in [-0.2, 0) is 4.74 Å². The van der Waals surface area contributed by atoms with Gasteiger partial charge in [0.15, 0.2) is 0 Å². The van der Waals surface area contributed by atoms with Gasteiger partial charge in [-0.05, 0) is 42.7 Å². The highest BCUT2D eigenvalue weighted by molar-refractivity contribution is 6.00. The van der Waals surface area contributed by atoms with Crippen molar-refractivity contribution in [3.63, 3.8) is 0 Å². The minimum atomic E-state index is -0.633. The van der Waals surface area contributed by atoms with E-state index in [1.54, 1.807) is 12.1 Å². The van der Waals surface area contributed by atoms with Crippen molar-refractivity contribution in [3.8, 4) is 5.75 Å². The molecule has 0 fully saturated rings. The van der Waals surface area contributed by atoms with Gasteiger partial charge >= 0.3 is 0 Å². The Morgan fingerprint density at radius 3 is 2.48 bits per heavy atom. The molecule has 0 bridgehead atoms. The number of ether oxygens (including phenoxy) is 2. The van der Waals surface area contributed by atoms with E-state index >= 15 is 0 Å². The molecule has 0 aliphatic rings. The monoisotopic (exact) mass is 295 g/mol. The van der Waals surface area contributed by atoms with Crippen LogP contribution in [0.15, 0.2) is 29.4 Å². The van der Waals surface area contributed by atoms with Gasteiger partial charge < -0.3 is 19.8 Å². The van der Waals surface area contributed by atoms with Gasteiger partial charge in [-0.3, -0.25) is 0 Å². The number of benzene rings is 1. The summed E-state index contributed by atoms with van der Waals surface area (Å²) in [5.74, 6) is 0.666. The lowest BCUT2D eigenvalue weighted by Gasteiger charge is -2.13. The van der Waals surface area contributed by atoms with Crippen molar-refractivity contribution in [2.75, 3.05) is 19.8 Å². The largest absolute Gasteiger partial charge is 0.491 e. The molecule has 0 aliphatic heterocycles. The third-order valence-electron chi connectivity index (χ3n) is 3.04. The van der Waals surface area contributed by atoms with Crippen LogP contribution in [0.3, 0.4) is 0 Å². The van der Waals surface area contributed by atoms with E-state index < -0.39 is 6.10 Å². The number of hydrogen-bond acceptors (Lipinski definition) is 5. The Morgan fingerprint density at radius 2 is 1.90 bits per heavy atom. The predicted molar refractivity (Wildman–Crippen MR) is 82.3 cm³/mol. The number of aliphatic hydroxyl groups is 1. The molecule has 0 saturated heterocycles. The van der Waals surface area contributed by atoms with Crippen LogP contribution in [-0.4, -0.2) is 42.0 Å². The van der Waals surface area contributed by atoms with E-state index in [9.17, 15) is 5.11 Å². The first-order chi connectivity index (χ1) is 10.2. The molecule has 0 aliphatic carbocycles. The van der Waals surface area contributed by atoms with Crippen molar-refractivity contribution in [1.82, 2.24) is 0 Å². The third kappa shape index (κ3) is 6.60. The molecule has 1 aromatic carbocycles.